The number of fused-ring (bicyclic) bond motifs is 1. The van der Waals surface area contributed by atoms with E-state index in [0.29, 0.717) is 24.0 Å². The lowest BCUT2D eigenvalue weighted by Gasteiger charge is -2.37. The van der Waals surface area contributed by atoms with Crippen LogP contribution in [0.1, 0.15) is 50.3 Å². The smallest absolute Gasteiger partial charge is 0.0775 e. The lowest BCUT2D eigenvalue weighted by atomic mass is 9.79. The quantitative estimate of drug-likeness (QED) is 0.879. The van der Waals surface area contributed by atoms with Gasteiger partial charge in [-0.3, -0.25) is 0 Å². The van der Waals surface area contributed by atoms with E-state index in [1.54, 1.807) is 0 Å². The van der Waals surface area contributed by atoms with E-state index in [2.05, 4.69) is 50.4 Å². The molecule has 2 rings (SSSR count). The predicted octanol–water partition coefficient (Wildman–Crippen LogP) is 3.50. The highest BCUT2D eigenvalue weighted by Crippen LogP contribution is 2.38. The van der Waals surface area contributed by atoms with Crippen molar-refractivity contribution in [1.82, 2.24) is 5.32 Å². The Balaban J connectivity index is 2.20. The molecule has 2 nitrogen and oxygen atoms in total. The van der Waals surface area contributed by atoms with Gasteiger partial charge in [0, 0.05) is 6.61 Å². The van der Waals surface area contributed by atoms with Crippen LogP contribution in [-0.2, 0) is 4.74 Å². The second-order valence-electron chi connectivity index (χ2n) is 5.80. The minimum atomic E-state index is 0.294. The fraction of sp³-hybridized carbons (Fsp3) is 0.625. The lowest BCUT2D eigenvalue weighted by molar-refractivity contribution is -0.000881. The maximum absolute atomic E-state index is 6.11. The molecular formula is C16H25NO. The van der Waals surface area contributed by atoms with Crippen LogP contribution in [0.4, 0.5) is 0 Å². The summed E-state index contributed by atoms with van der Waals surface area (Å²) in [6, 6.07) is 9.08. The first-order valence-corrected chi connectivity index (χ1v) is 7.01. The predicted molar refractivity (Wildman–Crippen MR) is 75.9 cm³/mol. The summed E-state index contributed by atoms with van der Waals surface area (Å²) >= 11 is 0. The molecule has 0 bridgehead atoms. The number of nitrogens with one attached hydrogen (secondary N) is 1. The van der Waals surface area contributed by atoms with Gasteiger partial charge in [0.15, 0.2) is 0 Å². The summed E-state index contributed by atoms with van der Waals surface area (Å²) in [5.41, 5.74) is 2.88. The van der Waals surface area contributed by atoms with E-state index < -0.39 is 0 Å². The molecule has 0 saturated carbocycles. The topological polar surface area (TPSA) is 21.3 Å². The highest BCUT2D eigenvalue weighted by atomic mass is 16.5. The molecule has 1 N–H and O–H groups in total. The first-order valence-electron chi connectivity index (χ1n) is 7.01. The number of rotatable bonds is 4. The van der Waals surface area contributed by atoms with Crippen molar-refractivity contribution >= 4 is 0 Å². The number of hydrogen-bond acceptors (Lipinski definition) is 2. The van der Waals surface area contributed by atoms with Crippen molar-refractivity contribution in [2.24, 2.45) is 5.92 Å². The normalized spacial score (nSPS) is 27.3. The van der Waals surface area contributed by atoms with Crippen molar-refractivity contribution in [2.75, 3.05) is 13.7 Å². The van der Waals surface area contributed by atoms with Crippen LogP contribution in [0.2, 0.25) is 0 Å². The molecule has 1 aliphatic rings. The van der Waals surface area contributed by atoms with Gasteiger partial charge in [0.25, 0.3) is 0 Å². The Morgan fingerprint density at radius 2 is 1.94 bits per heavy atom. The van der Waals surface area contributed by atoms with Crippen LogP contribution in [-0.4, -0.2) is 19.8 Å². The second kappa shape index (κ2) is 5.85. The van der Waals surface area contributed by atoms with Crippen LogP contribution in [0, 0.1) is 5.92 Å². The molecular weight excluding hydrogens is 222 g/mol. The largest absolute Gasteiger partial charge is 0.376 e. The first-order chi connectivity index (χ1) is 8.63. The van der Waals surface area contributed by atoms with Crippen molar-refractivity contribution in [3.8, 4) is 0 Å². The molecule has 18 heavy (non-hydrogen) atoms. The van der Waals surface area contributed by atoms with Gasteiger partial charge in [0.05, 0.1) is 12.1 Å². The zero-order chi connectivity index (χ0) is 13.1. The Bertz CT molecular complexity index is 388. The SMILES string of the molecule is CNC1c2ccccc2C(C)CC1OCC(C)C. The van der Waals surface area contributed by atoms with Gasteiger partial charge in [-0.2, -0.15) is 0 Å². The van der Waals surface area contributed by atoms with Crippen molar-refractivity contribution in [3.05, 3.63) is 35.4 Å². The summed E-state index contributed by atoms with van der Waals surface area (Å²) < 4.78 is 6.11. The third-order valence-corrected chi connectivity index (χ3v) is 3.77. The third-order valence-electron chi connectivity index (χ3n) is 3.77. The number of benzene rings is 1. The van der Waals surface area contributed by atoms with Gasteiger partial charge < -0.3 is 10.1 Å². The van der Waals surface area contributed by atoms with Crippen LogP contribution >= 0.6 is 0 Å². The van der Waals surface area contributed by atoms with E-state index in [9.17, 15) is 0 Å². The van der Waals surface area contributed by atoms with Crippen molar-refractivity contribution in [3.63, 3.8) is 0 Å². The Kier molecular flexibility index (Phi) is 4.41. The maximum atomic E-state index is 6.11. The molecule has 0 heterocycles. The van der Waals surface area contributed by atoms with Gasteiger partial charge in [-0.05, 0) is 36.4 Å². The zero-order valence-electron chi connectivity index (χ0n) is 11.9. The number of ether oxygens (including phenoxy) is 1. The number of hydrogen-bond donors (Lipinski definition) is 1. The number of likely N-dealkylation sites (N-methyl/N-ethyl adjacent to an activating group) is 1. The minimum Gasteiger partial charge on any atom is -0.376 e. The first kappa shape index (κ1) is 13.6. The highest BCUT2D eigenvalue weighted by Gasteiger charge is 2.32. The molecule has 0 amide bonds. The van der Waals surface area contributed by atoms with Crippen molar-refractivity contribution in [2.45, 2.75) is 45.3 Å². The Labute approximate surface area is 111 Å². The van der Waals surface area contributed by atoms with E-state index in [-0.39, 0.29) is 0 Å². The molecule has 1 aromatic rings. The van der Waals surface area contributed by atoms with Crippen LogP contribution in [0.3, 0.4) is 0 Å². The summed E-state index contributed by atoms with van der Waals surface area (Å²) in [5, 5.41) is 3.43. The molecule has 3 atom stereocenters. The van der Waals surface area contributed by atoms with Gasteiger partial charge in [0.2, 0.25) is 0 Å². The van der Waals surface area contributed by atoms with Crippen LogP contribution < -0.4 is 5.32 Å². The average molecular weight is 247 g/mol. The molecule has 0 aliphatic heterocycles. The fourth-order valence-electron chi connectivity index (χ4n) is 2.88. The van der Waals surface area contributed by atoms with Gasteiger partial charge >= 0.3 is 0 Å². The summed E-state index contributed by atoms with van der Waals surface area (Å²) in [7, 11) is 2.03. The molecule has 3 unspecified atom stereocenters. The second-order valence-corrected chi connectivity index (χ2v) is 5.80. The Hall–Kier alpha value is -0.860. The monoisotopic (exact) mass is 247 g/mol. The zero-order valence-corrected chi connectivity index (χ0v) is 11.9. The molecule has 0 saturated heterocycles. The van der Waals surface area contributed by atoms with Crippen molar-refractivity contribution < 1.29 is 4.74 Å². The summed E-state index contributed by atoms with van der Waals surface area (Å²) in [6.45, 7) is 7.55. The van der Waals surface area contributed by atoms with Crippen molar-refractivity contribution in [1.29, 1.82) is 0 Å². The van der Waals surface area contributed by atoms with Crippen LogP contribution in [0.25, 0.3) is 0 Å². The van der Waals surface area contributed by atoms with E-state index in [4.69, 9.17) is 4.74 Å². The standard InChI is InChI=1S/C16H25NO/c1-11(2)10-18-15-9-12(3)13-7-5-6-8-14(13)16(15)17-4/h5-8,11-12,15-17H,9-10H2,1-4H3. The van der Waals surface area contributed by atoms with Gasteiger partial charge in [-0.1, -0.05) is 45.0 Å². The summed E-state index contributed by atoms with van der Waals surface area (Å²) in [5.74, 6) is 1.18. The van der Waals surface area contributed by atoms with E-state index in [1.807, 2.05) is 7.05 Å². The maximum Gasteiger partial charge on any atom is 0.0775 e. The Morgan fingerprint density at radius 3 is 2.56 bits per heavy atom. The van der Waals surface area contributed by atoms with E-state index in [1.165, 1.54) is 11.1 Å². The van der Waals surface area contributed by atoms with Crippen LogP contribution in [0.5, 0.6) is 0 Å². The molecule has 100 valence electrons. The molecule has 0 fully saturated rings. The highest BCUT2D eigenvalue weighted by molar-refractivity contribution is 5.36. The van der Waals surface area contributed by atoms with Gasteiger partial charge in [-0.15, -0.1) is 0 Å². The third kappa shape index (κ3) is 2.76. The van der Waals surface area contributed by atoms with Crippen LogP contribution in [0.15, 0.2) is 24.3 Å². The van der Waals surface area contributed by atoms with Gasteiger partial charge in [0.1, 0.15) is 0 Å². The molecule has 0 spiro atoms. The van der Waals surface area contributed by atoms with E-state index >= 15 is 0 Å². The molecule has 0 aromatic heterocycles. The molecule has 2 heteroatoms. The minimum absolute atomic E-state index is 0.294. The average Bonchev–Trinajstić information content (AvgIpc) is 2.36. The lowest BCUT2D eigenvalue weighted by Crippen LogP contribution is -2.37. The molecule has 1 aliphatic carbocycles. The van der Waals surface area contributed by atoms with E-state index in [0.717, 1.165) is 13.0 Å². The summed E-state index contributed by atoms with van der Waals surface area (Å²) in [6.07, 6.45) is 1.40. The molecule has 1 aromatic carbocycles. The Morgan fingerprint density at radius 1 is 1.28 bits per heavy atom. The molecule has 0 radical (unpaired) electrons. The van der Waals surface area contributed by atoms with Gasteiger partial charge in [-0.25, -0.2) is 0 Å². The summed E-state index contributed by atoms with van der Waals surface area (Å²) in [4.78, 5) is 0. The fourth-order valence-corrected chi connectivity index (χ4v) is 2.88.